The molecule has 6 heteroatoms. The van der Waals surface area contributed by atoms with Crippen molar-refractivity contribution in [1.29, 1.82) is 0 Å². The zero-order valence-corrected chi connectivity index (χ0v) is 20.1. The minimum Gasteiger partial charge on any atom is -0.487 e. The summed E-state index contributed by atoms with van der Waals surface area (Å²) < 4.78 is 23.8. The van der Waals surface area contributed by atoms with Gasteiger partial charge in [-0.3, -0.25) is 4.79 Å². The second-order valence-electron chi connectivity index (χ2n) is 9.49. The lowest BCUT2D eigenvalue weighted by atomic mass is 9.81. The van der Waals surface area contributed by atoms with E-state index in [-0.39, 0.29) is 36.6 Å². The Morgan fingerprint density at radius 1 is 1.03 bits per heavy atom. The molecule has 0 aromatic heterocycles. The molecule has 0 aliphatic carbocycles. The Hall–Kier alpha value is -2.57. The quantitative estimate of drug-likeness (QED) is 0.528. The molecule has 0 bridgehead atoms. The van der Waals surface area contributed by atoms with Crippen molar-refractivity contribution in [3.63, 3.8) is 0 Å². The number of piperidine rings is 1. The van der Waals surface area contributed by atoms with Gasteiger partial charge in [-0.15, -0.1) is 0 Å². The number of carbonyl (C=O) groups excluding carboxylic acids is 1. The third-order valence-electron chi connectivity index (χ3n) is 6.28. The van der Waals surface area contributed by atoms with Crippen LogP contribution in [-0.4, -0.2) is 48.5 Å². The summed E-state index contributed by atoms with van der Waals surface area (Å²) in [5.41, 5.74) is 1.49. The number of nitrogens with zero attached hydrogens (tertiary/aromatic N) is 1. The predicted molar refractivity (Wildman–Crippen MR) is 127 cm³/mol. The van der Waals surface area contributed by atoms with Gasteiger partial charge in [0.2, 0.25) is 0 Å². The first kappa shape index (κ1) is 23.6. The van der Waals surface area contributed by atoms with Gasteiger partial charge < -0.3 is 23.8 Å². The highest BCUT2D eigenvalue weighted by Gasteiger charge is 2.44. The number of fused-ring (bicyclic) bond motifs is 1. The fraction of sp³-hybridized carbons (Fsp3) is 0.519. The van der Waals surface area contributed by atoms with Crippen LogP contribution in [0.3, 0.4) is 0 Å². The molecule has 1 amide bonds. The highest BCUT2D eigenvalue weighted by Crippen LogP contribution is 2.46. The highest BCUT2D eigenvalue weighted by atomic mass is 16.7. The van der Waals surface area contributed by atoms with E-state index < -0.39 is 0 Å². The van der Waals surface area contributed by atoms with Gasteiger partial charge in [-0.2, -0.15) is 0 Å². The highest BCUT2D eigenvalue weighted by molar-refractivity contribution is 5.94. The Labute approximate surface area is 196 Å². The molecule has 2 aliphatic heterocycles. The molecule has 0 radical (unpaired) electrons. The van der Waals surface area contributed by atoms with Gasteiger partial charge in [-0.05, 0) is 58.0 Å². The third kappa shape index (κ3) is 5.68. The zero-order valence-electron chi connectivity index (χ0n) is 20.1. The number of ether oxygens (including phenoxy) is 4. The van der Waals surface area contributed by atoms with Crippen molar-refractivity contribution in [2.45, 2.75) is 70.9 Å². The Morgan fingerprint density at radius 2 is 1.73 bits per heavy atom. The smallest absolute Gasteiger partial charge is 0.253 e. The predicted octanol–water partition coefficient (Wildman–Crippen LogP) is 5.37. The zero-order chi connectivity index (χ0) is 23.4. The summed E-state index contributed by atoms with van der Waals surface area (Å²) in [4.78, 5) is 15.0. The van der Waals surface area contributed by atoms with E-state index in [1.54, 1.807) is 0 Å². The molecule has 1 fully saturated rings. The second kappa shape index (κ2) is 10.1. The summed E-state index contributed by atoms with van der Waals surface area (Å²) in [6.07, 6.45) is 2.67. The number of benzene rings is 2. The van der Waals surface area contributed by atoms with Gasteiger partial charge in [-0.1, -0.05) is 18.2 Å². The van der Waals surface area contributed by atoms with Crippen LogP contribution in [0.4, 0.5) is 0 Å². The van der Waals surface area contributed by atoms with Gasteiger partial charge in [0, 0.05) is 43.5 Å². The van der Waals surface area contributed by atoms with Gasteiger partial charge in [0.15, 0.2) is 6.79 Å². The first-order valence-electron chi connectivity index (χ1n) is 11.9. The molecule has 2 aliphatic rings. The largest absolute Gasteiger partial charge is 0.487 e. The van der Waals surface area contributed by atoms with Crippen LogP contribution in [0.15, 0.2) is 48.5 Å². The number of amides is 1. The maximum Gasteiger partial charge on any atom is 0.253 e. The Kier molecular flexibility index (Phi) is 7.25. The van der Waals surface area contributed by atoms with Crippen molar-refractivity contribution in [2.75, 3.05) is 19.9 Å². The third-order valence-corrected chi connectivity index (χ3v) is 6.28. The number of rotatable bonds is 7. The standard InChI is InChI=1S/C27H35NO5/c1-19(2)30-18-31-22-11-9-21(10-12-22)26(29)28-15-13-27(14-16-28)17-25(32-20(3)4)23-7-5-6-8-24(23)33-27/h5-12,19-20,25H,13-18H2,1-4H3. The van der Waals surface area contributed by atoms with Crippen LogP contribution in [0.2, 0.25) is 0 Å². The van der Waals surface area contributed by atoms with Crippen molar-refractivity contribution in [3.05, 3.63) is 59.7 Å². The molecule has 1 unspecified atom stereocenters. The molecule has 2 aromatic rings. The van der Waals surface area contributed by atoms with E-state index in [2.05, 4.69) is 19.9 Å². The van der Waals surface area contributed by atoms with Crippen LogP contribution in [0.25, 0.3) is 0 Å². The van der Waals surface area contributed by atoms with Crippen molar-refractivity contribution >= 4 is 5.91 Å². The van der Waals surface area contributed by atoms with Crippen LogP contribution >= 0.6 is 0 Å². The molecular weight excluding hydrogens is 418 g/mol. The van der Waals surface area contributed by atoms with E-state index in [9.17, 15) is 4.79 Å². The lowest BCUT2D eigenvalue weighted by Crippen LogP contribution is -2.52. The van der Waals surface area contributed by atoms with E-state index in [1.807, 2.05) is 61.2 Å². The maximum atomic E-state index is 13.1. The molecule has 4 rings (SSSR count). The van der Waals surface area contributed by atoms with Crippen LogP contribution < -0.4 is 9.47 Å². The van der Waals surface area contributed by atoms with Gasteiger partial charge in [0.05, 0.1) is 18.3 Å². The molecule has 6 nitrogen and oxygen atoms in total. The van der Waals surface area contributed by atoms with Crippen LogP contribution in [0, 0.1) is 0 Å². The molecular formula is C27H35NO5. The van der Waals surface area contributed by atoms with Gasteiger partial charge in [0.25, 0.3) is 5.91 Å². The van der Waals surface area contributed by atoms with Crippen molar-refractivity contribution in [1.82, 2.24) is 4.90 Å². The first-order valence-corrected chi connectivity index (χ1v) is 11.9. The monoisotopic (exact) mass is 453 g/mol. The van der Waals surface area contributed by atoms with E-state index in [1.165, 1.54) is 0 Å². The molecule has 2 aromatic carbocycles. The molecule has 1 atom stereocenters. The fourth-order valence-electron chi connectivity index (χ4n) is 4.55. The molecule has 178 valence electrons. The van der Waals surface area contributed by atoms with E-state index in [0.717, 1.165) is 30.6 Å². The Balaban J connectivity index is 1.37. The number of hydrogen-bond acceptors (Lipinski definition) is 5. The lowest BCUT2D eigenvalue weighted by molar-refractivity contribution is -0.0872. The van der Waals surface area contributed by atoms with Crippen LogP contribution in [-0.2, 0) is 9.47 Å². The van der Waals surface area contributed by atoms with Crippen LogP contribution in [0.1, 0.15) is 69.0 Å². The number of para-hydroxylation sites is 1. The van der Waals surface area contributed by atoms with E-state index in [0.29, 0.717) is 24.4 Å². The summed E-state index contributed by atoms with van der Waals surface area (Å²) in [5, 5.41) is 0. The lowest BCUT2D eigenvalue weighted by Gasteiger charge is -2.47. The molecule has 0 saturated carbocycles. The molecule has 1 saturated heterocycles. The fourth-order valence-corrected chi connectivity index (χ4v) is 4.55. The summed E-state index contributed by atoms with van der Waals surface area (Å²) >= 11 is 0. The summed E-state index contributed by atoms with van der Waals surface area (Å²) in [6.45, 7) is 9.58. The van der Waals surface area contributed by atoms with Gasteiger partial charge >= 0.3 is 0 Å². The maximum absolute atomic E-state index is 13.1. The van der Waals surface area contributed by atoms with Crippen molar-refractivity contribution in [2.24, 2.45) is 0 Å². The molecule has 0 N–H and O–H groups in total. The summed E-state index contributed by atoms with van der Waals surface area (Å²) in [6, 6.07) is 15.4. The van der Waals surface area contributed by atoms with Crippen molar-refractivity contribution in [3.8, 4) is 11.5 Å². The number of likely N-dealkylation sites (tertiary alicyclic amines) is 1. The normalized spacial score (nSPS) is 19.5. The average Bonchev–Trinajstić information content (AvgIpc) is 2.79. The topological polar surface area (TPSA) is 57.2 Å². The van der Waals surface area contributed by atoms with Crippen molar-refractivity contribution < 1.29 is 23.7 Å². The molecule has 2 heterocycles. The van der Waals surface area contributed by atoms with Gasteiger partial charge in [0.1, 0.15) is 17.1 Å². The van der Waals surface area contributed by atoms with Crippen LogP contribution in [0.5, 0.6) is 11.5 Å². The summed E-state index contributed by atoms with van der Waals surface area (Å²) in [7, 11) is 0. The average molecular weight is 454 g/mol. The molecule has 1 spiro atoms. The Morgan fingerprint density at radius 3 is 2.39 bits per heavy atom. The summed E-state index contributed by atoms with van der Waals surface area (Å²) in [5.74, 6) is 1.64. The van der Waals surface area contributed by atoms with E-state index >= 15 is 0 Å². The second-order valence-corrected chi connectivity index (χ2v) is 9.49. The minimum atomic E-state index is -0.293. The SMILES string of the molecule is CC(C)OCOc1ccc(C(=O)N2CCC3(CC2)CC(OC(C)C)c2ccccc2O3)cc1. The van der Waals surface area contributed by atoms with Gasteiger partial charge in [-0.25, -0.2) is 0 Å². The first-order chi connectivity index (χ1) is 15.8. The van der Waals surface area contributed by atoms with E-state index in [4.69, 9.17) is 18.9 Å². The minimum absolute atomic E-state index is 0.0180. The number of hydrogen-bond donors (Lipinski definition) is 0. The molecule has 33 heavy (non-hydrogen) atoms. The Bertz CT molecular complexity index is 932. The number of carbonyl (C=O) groups is 1.